The van der Waals surface area contributed by atoms with Crippen molar-refractivity contribution < 1.29 is 0 Å². The molecular weight excluding hydrogens is 303 g/mol. The van der Waals surface area contributed by atoms with Gasteiger partial charge in [0, 0.05) is 10.0 Å². The third-order valence-corrected chi connectivity index (χ3v) is 4.22. The van der Waals surface area contributed by atoms with Crippen molar-refractivity contribution in [1.29, 1.82) is 5.26 Å². The van der Waals surface area contributed by atoms with Crippen LogP contribution in [0.25, 0.3) is 0 Å². The van der Waals surface area contributed by atoms with Gasteiger partial charge in [0.05, 0.1) is 17.3 Å². The first-order valence-electron chi connectivity index (χ1n) is 6.89. The van der Waals surface area contributed by atoms with E-state index in [0.717, 1.165) is 10.7 Å². The van der Waals surface area contributed by atoms with Gasteiger partial charge >= 0.3 is 0 Å². The fourth-order valence-electron chi connectivity index (χ4n) is 2.47. The summed E-state index contributed by atoms with van der Waals surface area (Å²) in [6.45, 7) is 0. The van der Waals surface area contributed by atoms with Crippen LogP contribution < -0.4 is 5.32 Å². The van der Waals surface area contributed by atoms with Crippen molar-refractivity contribution in [3.8, 4) is 6.07 Å². The molecule has 0 amide bonds. The molecule has 2 aromatic carbocycles. The minimum atomic E-state index is 0.188. The van der Waals surface area contributed by atoms with Crippen molar-refractivity contribution in [3.05, 3.63) is 63.6 Å². The highest BCUT2D eigenvalue weighted by atomic mass is 35.5. The van der Waals surface area contributed by atoms with Gasteiger partial charge in [0.1, 0.15) is 6.07 Å². The summed E-state index contributed by atoms with van der Waals surface area (Å²) >= 11 is 12.0. The van der Waals surface area contributed by atoms with Gasteiger partial charge in [-0.3, -0.25) is 0 Å². The van der Waals surface area contributed by atoms with Crippen molar-refractivity contribution in [2.45, 2.75) is 18.9 Å². The third-order valence-electron chi connectivity index (χ3n) is 3.74. The van der Waals surface area contributed by atoms with Crippen molar-refractivity contribution in [1.82, 2.24) is 0 Å². The fourth-order valence-corrected chi connectivity index (χ4v) is 2.77. The number of anilines is 1. The molecule has 2 nitrogen and oxygen atoms in total. The molecule has 0 heterocycles. The fraction of sp³-hybridized carbons (Fsp3) is 0.235. The summed E-state index contributed by atoms with van der Waals surface area (Å²) in [7, 11) is 0. The largest absolute Gasteiger partial charge is 0.377 e. The summed E-state index contributed by atoms with van der Waals surface area (Å²) in [5, 5.41) is 14.1. The number of rotatable bonds is 4. The number of nitrogens with zero attached hydrogens (tertiary/aromatic N) is 1. The van der Waals surface area contributed by atoms with E-state index in [1.165, 1.54) is 18.4 Å². The smallest absolute Gasteiger partial charge is 0.101 e. The molecule has 1 fully saturated rings. The minimum absolute atomic E-state index is 0.188. The molecule has 1 unspecified atom stereocenters. The summed E-state index contributed by atoms with van der Waals surface area (Å²) in [5.74, 6) is 0.594. The van der Waals surface area contributed by atoms with E-state index >= 15 is 0 Å². The van der Waals surface area contributed by atoms with Crippen molar-refractivity contribution in [2.75, 3.05) is 5.32 Å². The van der Waals surface area contributed by atoms with Gasteiger partial charge in [-0.1, -0.05) is 35.3 Å². The van der Waals surface area contributed by atoms with Crippen LogP contribution in [0.3, 0.4) is 0 Å². The number of halogens is 2. The highest BCUT2D eigenvalue weighted by Gasteiger charge is 2.32. The van der Waals surface area contributed by atoms with E-state index in [4.69, 9.17) is 23.2 Å². The van der Waals surface area contributed by atoms with Crippen LogP contribution in [0.2, 0.25) is 10.0 Å². The summed E-state index contributed by atoms with van der Waals surface area (Å²) in [6, 6.07) is 15.6. The molecule has 0 aliphatic heterocycles. The Bertz CT molecular complexity index is 685. The van der Waals surface area contributed by atoms with Crippen LogP contribution in [-0.4, -0.2) is 0 Å². The van der Waals surface area contributed by atoms with Gasteiger partial charge in [0.25, 0.3) is 0 Å². The first-order chi connectivity index (χ1) is 10.2. The Hall–Kier alpha value is -1.69. The molecule has 4 heteroatoms. The van der Waals surface area contributed by atoms with Crippen LogP contribution in [0.4, 0.5) is 5.69 Å². The molecule has 0 aromatic heterocycles. The average molecular weight is 317 g/mol. The van der Waals surface area contributed by atoms with E-state index < -0.39 is 0 Å². The molecule has 2 aromatic rings. The lowest BCUT2D eigenvalue weighted by molar-refractivity contribution is 0.679. The van der Waals surface area contributed by atoms with Crippen LogP contribution in [0.15, 0.2) is 42.5 Å². The quantitative estimate of drug-likeness (QED) is 0.816. The molecule has 1 N–H and O–H groups in total. The van der Waals surface area contributed by atoms with E-state index in [9.17, 15) is 5.26 Å². The second-order valence-corrected chi connectivity index (χ2v) is 6.19. The van der Waals surface area contributed by atoms with Crippen molar-refractivity contribution in [3.63, 3.8) is 0 Å². The van der Waals surface area contributed by atoms with Gasteiger partial charge in [-0.2, -0.15) is 5.26 Å². The molecule has 3 rings (SSSR count). The Morgan fingerprint density at radius 1 is 1.05 bits per heavy atom. The SMILES string of the molecule is N#Cc1ccc(Cl)cc1NC(c1ccc(Cl)cc1)C1CC1. The van der Waals surface area contributed by atoms with E-state index in [2.05, 4.69) is 11.4 Å². The predicted octanol–water partition coefficient (Wildman–Crippen LogP) is 5.43. The zero-order valence-corrected chi connectivity index (χ0v) is 12.8. The Morgan fingerprint density at radius 3 is 2.33 bits per heavy atom. The first kappa shape index (κ1) is 14.3. The summed E-state index contributed by atoms with van der Waals surface area (Å²) in [6.07, 6.45) is 2.39. The van der Waals surface area contributed by atoms with Crippen LogP contribution >= 0.6 is 23.2 Å². The predicted molar refractivity (Wildman–Crippen MR) is 86.7 cm³/mol. The number of benzene rings is 2. The maximum atomic E-state index is 9.23. The monoisotopic (exact) mass is 316 g/mol. The number of hydrogen-bond donors (Lipinski definition) is 1. The van der Waals surface area contributed by atoms with Crippen LogP contribution in [0.5, 0.6) is 0 Å². The molecule has 0 saturated heterocycles. The van der Waals surface area contributed by atoms with E-state index in [-0.39, 0.29) is 6.04 Å². The first-order valence-corrected chi connectivity index (χ1v) is 7.64. The number of nitriles is 1. The maximum Gasteiger partial charge on any atom is 0.101 e. The van der Waals surface area contributed by atoms with E-state index in [1.54, 1.807) is 12.1 Å². The molecule has 0 radical (unpaired) electrons. The lowest BCUT2D eigenvalue weighted by Gasteiger charge is -2.21. The van der Waals surface area contributed by atoms with Gasteiger partial charge in [0.2, 0.25) is 0 Å². The molecule has 0 bridgehead atoms. The second-order valence-electron chi connectivity index (χ2n) is 5.31. The summed E-state index contributed by atoms with van der Waals surface area (Å²) < 4.78 is 0. The normalized spacial score (nSPS) is 15.3. The minimum Gasteiger partial charge on any atom is -0.377 e. The molecule has 1 aliphatic carbocycles. The maximum absolute atomic E-state index is 9.23. The zero-order chi connectivity index (χ0) is 14.8. The Kier molecular flexibility index (Phi) is 4.05. The number of hydrogen-bond acceptors (Lipinski definition) is 2. The van der Waals surface area contributed by atoms with Crippen molar-refractivity contribution in [2.24, 2.45) is 5.92 Å². The summed E-state index contributed by atoms with van der Waals surface area (Å²) in [5.41, 5.74) is 2.58. The van der Waals surface area contributed by atoms with E-state index in [1.807, 2.05) is 30.3 Å². The molecule has 1 atom stereocenters. The molecule has 21 heavy (non-hydrogen) atoms. The lowest BCUT2D eigenvalue weighted by Crippen LogP contribution is -2.13. The standard InChI is InChI=1S/C17H14Cl2N2/c18-14-6-3-12(4-7-14)17(11-1-2-11)21-16-9-15(19)8-5-13(16)10-20/h3-9,11,17,21H,1-2H2. The number of nitrogens with one attached hydrogen (secondary N) is 1. The topological polar surface area (TPSA) is 35.8 Å². The molecule has 1 aliphatic rings. The lowest BCUT2D eigenvalue weighted by atomic mass is 10.0. The Balaban J connectivity index is 1.91. The second kappa shape index (κ2) is 5.97. The molecule has 106 valence electrons. The van der Waals surface area contributed by atoms with Crippen LogP contribution in [0, 0.1) is 17.2 Å². The molecule has 1 saturated carbocycles. The van der Waals surface area contributed by atoms with Crippen LogP contribution in [-0.2, 0) is 0 Å². The third kappa shape index (κ3) is 3.32. The van der Waals surface area contributed by atoms with E-state index in [0.29, 0.717) is 16.5 Å². The van der Waals surface area contributed by atoms with Gasteiger partial charge in [0.15, 0.2) is 0 Å². The zero-order valence-electron chi connectivity index (χ0n) is 11.3. The molecule has 0 spiro atoms. The average Bonchev–Trinajstić information content (AvgIpc) is 3.31. The van der Waals surface area contributed by atoms with Gasteiger partial charge < -0.3 is 5.32 Å². The Labute approximate surface area is 134 Å². The van der Waals surface area contributed by atoms with Gasteiger partial charge in [-0.15, -0.1) is 0 Å². The highest BCUT2D eigenvalue weighted by Crippen LogP contribution is 2.43. The molecular formula is C17H14Cl2N2. The van der Waals surface area contributed by atoms with Crippen molar-refractivity contribution >= 4 is 28.9 Å². The summed E-state index contributed by atoms with van der Waals surface area (Å²) in [4.78, 5) is 0. The Morgan fingerprint density at radius 2 is 1.71 bits per heavy atom. The van der Waals surface area contributed by atoms with Gasteiger partial charge in [-0.05, 0) is 54.7 Å². The highest BCUT2D eigenvalue weighted by molar-refractivity contribution is 6.31. The van der Waals surface area contributed by atoms with Gasteiger partial charge in [-0.25, -0.2) is 0 Å². The van der Waals surface area contributed by atoms with Crippen LogP contribution in [0.1, 0.15) is 30.0 Å².